The van der Waals surface area contributed by atoms with Crippen LogP contribution < -0.4 is 10.2 Å². The highest BCUT2D eigenvalue weighted by Gasteiger charge is 2.03. The van der Waals surface area contributed by atoms with Crippen LogP contribution in [0.4, 0.5) is 10.1 Å². The molecule has 0 heterocycles. The van der Waals surface area contributed by atoms with Crippen molar-refractivity contribution in [1.29, 1.82) is 0 Å². The molecule has 2 aromatic carbocycles. The second-order valence-corrected chi connectivity index (χ2v) is 4.68. The lowest BCUT2D eigenvalue weighted by Crippen LogP contribution is -2.16. The SMILES string of the molecule is CNCc1ccc(N(C)Cc2cccc(F)c2)cc1. The standard InChI is InChI=1S/C16H19FN2/c1-18-11-13-6-8-16(9-7-13)19(2)12-14-4-3-5-15(17)10-14/h3-10,18H,11-12H2,1-2H3. The minimum absolute atomic E-state index is 0.185. The zero-order chi connectivity index (χ0) is 13.7. The smallest absolute Gasteiger partial charge is 0.123 e. The molecule has 0 aliphatic carbocycles. The van der Waals surface area contributed by atoms with Gasteiger partial charge in [0.15, 0.2) is 0 Å². The van der Waals surface area contributed by atoms with E-state index < -0.39 is 0 Å². The van der Waals surface area contributed by atoms with Crippen LogP contribution in [-0.4, -0.2) is 14.1 Å². The molecule has 0 saturated heterocycles. The minimum Gasteiger partial charge on any atom is -0.370 e. The van der Waals surface area contributed by atoms with Crippen LogP contribution in [0.5, 0.6) is 0 Å². The average molecular weight is 258 g/mol. The van der Waals surface area contributed by atoms with Gasteiger partial charge in [0.05, 0.1) is 0 Å². The van der Waals surface area contributed by atoms with Crippen LogP contribution in [0.3, 0.4) is 0 Å². The second-order valence-electron chi connectivity index (χ2n) is 4.68. The third-order valence-electron chi connectivity index (χ3n) is 3.07. The van der Waals surface area contributed by atoms with Crippen LogP contribution in [-0.2, 0) is 13.1 Å². The molecule has 2 aromatic rings. The number of anilines is 1. The van der Waals surface area contributed by atoms with Crippen molar-refractivity contribution in [2.75, 3.05) is 19.0 Å². The van der Waals surface area contributed by atoms with E-state index >= 15 is 0 Å². The summed E-state index contributed by atoms with van der Waals surface area (Å²) in [6, 6.07) is 15.1. The molecule has 0 saturated carbocycles. The third-order valence-corrected chi connectivity index (χ3v) is 3.07. The van der Waals surface area contributed by atoms with E-state index in [1.807, 2.05) is 20.2 Å². The topological polar surface area (TPSA) is 15.3 Å². The molecule has 0 atom stereocenters. The summed E-state index contributed by atoms with van der Waals surface area (Å²) in [4.78, 5) is 2.11. The Morgan fingerprint density at radius 2 is 1.79 bits per heavy atom. The molecule has 0 aliphatic rings. The van der Waals surface area contributed by atoms with E-state index in [0.29, 0.717) is 6.54 Å². The number of hydrogen-bond acceptors (Lipinski definition) is 2. The number of halogens is 1. The highest BCUT2D eigenvalue weighted by atomic mass is 19.1. The van der Waals surface area contributed by atoms with Gasteiger partial charge < -0.3 is 10.2 Å². The summed E-state index contributed by atoms with van der Waals surface area (Å²) >= 11 is 0. The molecule has 19 heavy (non-hydrogen) atoms. The molecular weight excluding hydrogens is 239 g/mol. The second kappa shape index (κ2) is 6.34. The Balaban J connectivity index is 2.05. The largest absolute Gasteiger partial charge is 0.370 e. The Bertz CT molecular complexity index is 523. The highest BCUT2D eigenvalue weighted by molar-refractivity contribution is 5.47. The Morgan fingerprint density at radius 3 is 2.42 bits per heavy atom. The molecule has 3 heteroatoms. The summed E-state index contributed by atoms with van der Waals surface area (Å²) in [5.74, 6) is -0.185. The quantitative estimate of drug-likeness (QED) is 0.886. The minimum atomic E-state index is -0.185. The first kappa shape index (κ1) is 13.6. The molecule has 2 nitrogen and oxygen atoms in total. The zero-order valence-electron chi connectivity index (χ0n) is 11.4. The van der Waals surface area contributed by atoms with Crippen molar-refractivity contribution in [1.82, 2.24) is 5.32 Å². The van der Waals surface area contributed by atoms with Crippen molar-refractivity contribution in [2.24, 2.45) is 0 Å². The van der Waals surface area contributed by atoms with Gasteiger partial charge in [-0.2, -0.15) is 0 Å². The van der Waals surface area contributed by atoms with E-state index in [1.54, 1.807) is 12.1 Å². The highest BCUT2D eigenvalue weighted by Crippen LogP contribution is 2.16. The van der Waals surface area contributed by atoms with E-state index in [1.165, 1.54) is 11.6 Å². The number of nitrogens with one attached hydrogen (secondary N) is 1. The first-order chi connectivity index (χ1) is 9.19. The van der Waals surface area contributed by atoms with Crippen LogP contribution >= 0.6 is 0 Å². The number of nitrogens with zero attached hydrogens (tertiary/aromatic N) is 1. The molecule has 0 radical (unpaired) electrons. The Morgan fingerprint density at radius 1 is 1.05 bits per heavy atom. The predicted molar refractivity (Wildman–Crippen MR) is 77.7 cm³/mol. The molecule has 100 valence electrons. The zero-order valence-corrected chi connectivity index (χ0v) is 11.4. The van der Waals surface area contributed by atoms with E-state index in [9.17, 15) is 4.39 Å². The van der Waals surface area contributed by atoms with Crippen LogP contribution in [0, 0.1) is 5.82 Å². The van der Waals surface area contributed by atoms with Gasteiger partial charge in [0.25, 0.3) is 0 Å². The lowest BCUT2D eigenvalue weighted by molar-refractivity contribution is 0.625. The van der Waals surface area contributed by atoms with Crippen LogP contribution in [0.1, 0.15) is 11.1 Å². The number of benzene rings is 2. The first-order valence-corrected chi connectivity index (χ1v) is 6.38. The summed E-state index contributed by atoms with van der Waals surface area (Å²) in [5.41, 5.74) is 3.36. The van der Waals surface area contributed by atoms with E-state index in [2.05, 4.69) is 34.5 Å². The van der Waals surface area contributed by atoms with Gasteiger partial charge in [-0.15, -0.1) is 0 Å². The summed E-state index contributed by atoms with van der Waals surface area (Å²) in [6.45, 7) is 1.57. The molecule has 0 amide bonds. The van der Waals surface area contributed by atoms with Crippen LogP contribution in [0.2, 0.25) is 0 Å². The molecule has 0 bridgehead atoms. The molecular formula is C16H19FN2. The Hall–Kier alpha value is -1.87. The molecule has 0 aromatic heterocycles. The van der Waals surface area contributed by atoms with Gasteiger partial charge in [-0.25, -0.2) is 4.39 Å². The average Bonchev–Trinajstić information content (AvgIpc) is 2.40. The van der Waals surface area contributed by atoms with Gasteiger partial charge in [0, 0.05) is 25.8 Å². The molecule has 2 rings (SSSR count). The maximum absolute atomic E-state index is 13.1. The maximum Gasteiger partial charge on any atom is 0.123 e. The predicted octanol–water partition coefficient (Wildman–Crippen LogP) is 3.18. The first-order valence-electron chi connectivity index (χ1n) is 6.38. The van der Waals surface area contributed by atoms with E-state index in [-0.39, 0.29) is 5.82 Å². The molecule has 0 spiro atoms. The van der Waals surface area contributed by atoms with Gasteiger partial charge in [-0.3, -0.25) is 0 Å². The summed E-state index contributed by atoms with van der Waals surface area (Å²) in [7, 11) is 3.95. The molecule has 0 fully saturated rings. The van der Waals surface area contributed by atoms with E-state index in [4.69, 9.17) is 0 Å². The fourth-order valence-corrected chi connectivity index (χ4v) is 2.07. The fraction of sp³-hybridized carbons (Fsp3) is 0.250. The summed E-state index contributed by atoms with van der Waals surface area (Å²) in [6.07, 6.45) is 0. The number of rotatable bonds is 5. The van der Waals surface area contributed by atoms with Crippen molar-refractivity contribution in [3.05, 3.63) is 65.5 Å². The molecule has 0 unspecified atom stereocenters. The maximum atomic E-state index is 13.1. The van der Waals surface area contributed by atoms with Crippen molar-refractivity contribution >= 4 is 5.69 Å². The van der Waals surface area contributed by atoms with Gasteiger partial charge in [-0.1, -0.05) is 24.3 Å². The Labute approximate surface area is 113 Å². The van der Waals surface area contributed by atoms with Crippen molar-refractivity contribution in [3.63, 3.8) is 0 Å². The van der Waals surface area contributed by atoms with E-state index in [0.717, 1.165) is 17.8 Å². The van der Waals surface area contributed by atoms with Crippen LogP contribution in [0.15, 0.2) is 48.5 Å². The van der Waals surface area contributed by atoms with Crippen molar-refractivity contribution < 1.29 is 4.39 Å². The fourth-order valence-electron chi connectivity index (χ4n) is 2.07. The summed E-state index contributed by atoms with van der Waals surface area (Å²) < 4.78 is 13.1. The Kier molecular flexibility index (Phi) is 4.53. The van der Waals surface area contributed by atoms with Crippen molar-refractivity contribution in [3.8, 4) is 0 Å². The van der Waals surface area contributed by atoms with Gasteiger partial charge in [0.2, 0.25) is 0 Å². The summed E-state index contributed by atoms with van der Waals surface area (Å²) in [5, 5.41) is 3.12. The number of hydrogen-bond donors (Lipinski definition) is 1. The third kappa shape index (κ3) is 3.80. The normalized spacial score (nSPS) is 10.5. The van der Waals surface area contributed by atoms with Gasteiger partial charge in [0.1, 0.15) is 5.82 Å². The molecule has 1 N–H and O–H groups in total. The van der Waals surface area contributed by atoms with Gasteiger partial charge in [-0.05, 0) is 42.4 Å². The van der Waals surface area contributed by atoms with Gasteiger partial charge >= 0.3 is 0 Å². The molecule has 0 aliphatic heterocycles. The monoisotopic (exact) mass is 258 g/mol. The van der Waals surface area contributed by atoms with Crippen molar-refractivity contribution in [2.45, 2.75) is 13.1 Å². The lowest BCUT2D eigenvalue weighted by Gasteiger charge is -2.19. The van der Waals surface area contributed by atoms with Crippen LogP contribution in [0.25, 0.3) is 0 Å². The lowest BCUT2D eigenvalue weighted by atomic mass is 10.1.